The molecule has 2 aromatic rings. The molecule has 1 saturated heterocycles. The number of ether oxygens (including phenoxy) is 1. The van der Waals surface area contributed by atoms with Gasteiger partial charge in [-0.3, -0.25) is 32.5 Å². The molecule has 1 aliphatic rings. The second-order valence-electron chi connectivity index (χ2n) is 18.3. The summed E-state index contributed by atoms with van der Waals surface area (Å²) < 4.78 is 62.5. The van der Waals surface area contributed by atoms with E-state index in [-0.39, 0.29) is 41.6 Å². The molecule has 24 nitrogen and oxygen atoms in total. The number of hydrogen-bond donors (Lipinski definition) is 9. The van der Waals surface area contributed by atoms with Gasteiger partial charge in [-0.2, -0.15) is 4.31 Å². The number of carbonyl (C=O) groups excluding carboxylic acids is 3. The number of imidazole rings is 1. The predicted molar refractivity (Wildman–Crippen MR) is 260 cm³/mol. The Bertz CT molecular complexity index is 2070. The van der Waals surface area contributed by atoms with E-state index in [4.69, 9.17) is 19.5 Å². The first-order valence-corrected chi connectivity index (χ1v) is 29.5. The third kappa shape index (κ3) is 23.2. The van der Waals surface area contributed by atoms with Crippen LogP contribution in [-0.2, 0) is 50.7 Å². The van der Waals surface area contributed by atoms with E-state index >= 15 is 0 Å². The van der Waals surface area contributed by atoms with Gasteiger partial charge in [-0.25, -0.2) is 28.6 Å². The van der Waals surface area contributed by atoms with Crippen molar-refractivity contribution >= 4 is 69.1 Å². The SMILES string of the molecule is CCCCCCCCC(C)CCCCCCCCCCC(=O)SCCNC(=O)CCNC(=O)C(O)C(C)(C)COP(=O)(O)OP(=O)(O)OCC1OC(n2cnc3c(N)ncnc32)C(O)C1OP(=O)(O)O. The number of aliphatic hydroxyl groups excluding tert-OH is 2. The molecule has 3 heterocycles. The van der Waals surface area contributed by atoms with Crippen LogP contribution >= 0.6 is 35.2 Å². The molecule has 8 unspecified atom stereocenters. The zero-order valence-corrected chi connectivity index (χ0v) is 44.2. The largest absolute Gasteiger partial charge is 0.481 e. The second kappa shape index (κ2) is 30.7. The van der Waals surface area contributed by atoms with Gasteiger partial charge >= 0.3 is 23.5 Å². The van der Waals surface area contributed by atoms with Gasteiger partial charge in [-0.1, -0.05) is 136 Å². The number of aliphatic hydroxyl groups is 2. The highest BCUT2D eigenvalue weighted by Gasteiger charge is 2.50. The lowest BCUT2D eigenvalue weighted by Gasteiger charge is -2.30. The van der Waals surface area contributed by atoms with Crippen LogP contribution in [0.1, 0.15) is 149 Å². The van der Waals surface area contributed by atoms with Crippen LogP contribution in [0.3, 0.4) is 0 Å². The van der Waals surface area contributed by atoms with Crippen LogP contribution in [0.2, 0.25) is 0 Å². The number of phosphoric acid groups is 3. The normalized spacial score (nSPS) is 20.2. The fourth-order valence-electron chi connectivity index (χ4n) is 7.61. The number of hydrogen-bond acceptors (Lipinski definition) is 18. The Balaban J connectivity index is 1.27. The number of anilines is 1. The summed E-state index contributed by atoms with van der Waals surface area (Å²) in [5.41, 5.74) is 4.29. The lowest BCUT2D eigenvalue weighted by Crippen LogP contribution is -2.46. The van der Waals surface area contributed by atoms with Crippen molar-refractivity contribution in [3.8, 4) is 0 Å². The molecule has 2 amide bonds. The number of thioether (sulfide) groups is 1. The molecule has 0 aromatic carbocycles. The maximum absolute atomic E-state index is 12.8. The molecule has 1 fully saturated rings. The molecule has 1 aliphatic heterocycles. The number of nitrogens with one attached hydrogen (secondary N) is 2. The van der Waals surface area contributed by atoms with E-state index in [1.54, 1.807) is 0 Å². The van der Waals surface area contributed by atoms with E-state index in [0.29, 0.717) is 12.2 Å². The quantitative estimate of drug-likeness (QED) is 0.0279. The number of nitrogens with two attached hydrogens (primary N) is 1. The Labute approximate surface area is 414 Å². The third-order valence-corrected chi connectivity index (χ3v) is 15.7. The number of nitrogens with zero attached hydrogens (tertiary/aromatic N) is 4. The van der Waals surface area contributed by atoms with Gasteiger partial charge in [0.15, 0.2) is 22.8 Å². The lowest BCUT2D eigenvalue weighted by molar-refractivity contribution is -0.137. The summed E-state index contributed by atoms with van der Waals surface area (Å²) in [6.07, 6.45) is 13.7. The molecule has 10 N–H and O–H groups in total. The summed E-state index contributed by atoms with van der Waals surface area (Å²) in [7, 11) is -16.4. The van der Waals surface area contributed by atoms with Crippen LogP contribution in [0.25, 0.3) is 11.2 Å². The van der Waals surface area contributed by atoms with Gasteiger partial charge in [0.1, 0.15) is 36.3 Å². The van der Waals surface area contributed by atoms with Crippen molar-refractivity contribution in [2.45, 2.75) is 174 Å². The van der Waals surface area contributed by atoms with Crippen LogP contribution in [0, 0.1) is 11.3 Å². The highest BCUT2D eigenvalue weighted by molar-refractivity contribution is 8.13. The molecule has 402 valence electrons. The first-order chi connectivity index (χ1) is 32.9. The Morgan fingerprint density at radius 3 is 2.09 bits per heavy atom. The number of phosphoric ester groups is 3. The molecule has 0 bridgehead atoms. The summed E-state index contributed by atoms with van der Waals surface area (Å²) in [6, 6.07) is 0. The number of carbonyl (C=O) groups is 3. The lowest BCUT2D eigenvalue weighted by atomic mass is 9.87. The van der Waals surface area contributed by atoms with Crippen molar-refractivity contribution in [3.05, 3.63) is 12.7 Å². The average molecular weight is 1080 g/mol. The van der Waals surface area contributed by atoms with Crippen molar-refractivity contribution < 1.29 is 80.5 Å². The summed E-state index contributed by atoms with van der Waals surface area (Å²) in [5, 5.41) is 26.7. The van der Waals surface area contributed by atoms with Crippen LogP contribution in [0.15, 0.2) is 12.7 Å². The van der Waals surface area contributed by atoms with Gasteiger partial charge in [0.25, 0.3) is 0 Å². The molecule has 2 aromatic heterocycles. The van der Waals surface area contributed by atoms with E-state index in [0.717, 1.165) is 54.2 Å². The predicted octanol–water partition coefficient (Wildman–Crippen LogP) is 5.95. The van der Waals surface area contributed by atoms with Gasteiger partial charge < -0.3 is 50.9 Å². The van der Waals surface area contributed by atoms with Crippen molar-refractivity contribution in [3.63, 3.8) is 0 Å². The monoisotopic (exact) mass is 1080 g/mol. The molecular weight excluding hydrogens is 999 g/mol. The highest BCUT2D eigenvalue weighted by atomic mass is 32.2. The van der Waals surface area contributed by atoms with Crippen molar-refractivity contribution in [1.29, 1.82) is 0 Å². The van der Waals surface area contributed by atoms with Gasteiger partial charge in [0, 0.05) is 37.1 Å². The molecule has 8 atom stereocenters. The minimum absolute atomic E-state index is 0.0341. The van der Waals surface area contributed by atoms with E-state index in [9.17, 15) is 57.9 Å². The maximum Gasteiger partial charge on any atom is 0.481 e. The zero-order chi connectivity index (χ0) is 52.0. The van der Waals surface area contributed by atoms with E-state index in [2.05, 4.69) is 48.3 Å². The molecule has 3 rings (SSSR count). The molecule has 0 radical (unpaired) electrons. The first-order valence-electron chi connectivity index (χ1n) is 24.0. The van der Waals surface area contributed by atoms with E-state index < -0.39 is 84.6 Å². The topological polar surface area (TPSA) is 364 Å². The maximum atomic E-state index is 12.8. The Hall–Kier alpha value is -2.44. The fourth-order valence-corrected chi connectivity index (χ4v) is 11.2. The number of unbranched alkanes of at least 4 members (excludes halogenated alkanes) is 12. The molecule has 0 aliphatic carbocycles. The summed E-state index contributed by atoms with van der Waals surface area (Å²) in [5.74, 6) is -0.192. The number of aromatic nitrogens is 4. The Morgan fingerprint density at radius 1 is 0.857 bits per heavy atom. The Morgan fingerprint density at radius 2 is 1.46 bits per heavy atom. The summed E-state index contributed by atoms with van der Waals surface area (Å²) >= 11 is 1.16. The van der Waals surface area contributed by atoms with Crippen molar-refractivity contribution in [2.24, 2.45) is 11.3 Å². The summed E-state index contributed by atoms with van der Waals surface area (Å²) in [6.45, 7) is 5.22. The number of rotatable bonds is 37. The van der Waals surface area contributed by atoms with Crippen LogP contribution in [-0.4, -0.2) is 123 Å². The fraction of sp³-hybridized carbons (Fsp3) is 0.810. The first kappa shape index (κ1) is 61.9. The second-order valence-corrected chi connectivity index (χ2v) is 23.7. The van der Waals surface area contributed by atoms with Gasteiger partial charge in [-0.15, -0.1) is 0 Å². The number of amides is 2. The molecule has 70 heavy (non-hydrogen) atoms. The van der Waals surface area contributed by atoms with Crippen LogP contribution in [0.4, 0.5) is 5.82 Å². The third-order valence-electron chi connectivity index (χ3n) is 11.6. The van der Waals surface area contributed by atoms with Gasteiger partial charge in [-0.05, 0) is 12.3 Å². The average Bonchev–Trinajstić information content (AvgIpc) is 3.85. The van der Waals surface area contributed by atoms with Gasteiger partial charge in [0.2, 0.25) is 11.8 Å². The molecule has 28 heteroatoms. The number of nitrogen functional groups attached to an aromatic ring is 1. The Kier molecular flexibility index (Phi) is 27.1. The number of fused-ring (bicyclic) bond motifs is 1. The highest BCUT2D eigenvalue weighted by Crippen LogP contribution is 2.61. The van der Waals surface area contributed by atoms with E-state index in [1.807, 2.05) is 0 Å². The molecular formula is C42H76N7O17P3S. The van der Waals surface area contributed by atoms with Crippen LogP contribution in [0.5, 0.6) is 0 Å². The standard InChI is InChI=1S/C42H76N7O17P3S/c1-5-6-7-8-13-16-19-30(2)20-17-14-11-9-10-12-15-18-21-33(51)70-25-24-44-32(50)22-23-45-40(54)37(53)42(3,4)27-63-69(60,61)66-68(58,59)62-26-31-36(65-67(55,56)57)35(52)41(64-31)49-29-48-34-38(43)46-28-47-39(34)49/h28-31,35-37,41,52-53H,5-27H2,1-4H3,(H,44,50)(H,45,54)(H,58,59)(H,60,61)(H2,43,46,47)(H2,55,56,57). The smallest absolute Gasteiger partial charge is 0.386 e. The summed E-state index contributed by atoms with van der Waals surface area (Å²) in [4.78, 5) is 88.5. The minimum atomic E-state index is -5.58. The van der Waals surface area contributed by atoms with E-state index in [1.165, 1.54) is 97.3 Å². The van der Waals surface area contributed by atoms with Crippen LogP contribution < -0.4 is 16.4 Å². The van der Waals surface area contributed by atoms with Crippen molar-refractivity contribution in [2.75, 3.05) is 37.8 Å². The zero-order valence-electron chi connectivity index (χ0n) is 40.7. The van der Waals surface area contributed by atoms with Gasteiger partial charge in [0.05, 0.1) is 19.5 Å². The molecule has 0 saturated carbocycles. The molecule has 0 spiro atoms. The minimum Gasteiger partial charge on any atom is -0.386 e. The van der Waals surface area contributed by atoms with Crippen molar-refractivity contribution in [1.82, 2.24) is 30.2 Å².